The van der Waals surface area contributed by atoms with Crippen LogP contribution < -0.4 is 9.47 Å². The van der Waals surface area contributed by atoms with Crippen molar-refractivity contribution in [3.05, 3.63) is 41.7 Å². The number of H-pyrrole nitrogens is 1. The molecule has 0 fully saturated rings. The molecule has 2 aromatic rings. The van der Waals surface area contributed by atoms with Crippen LogP contribution in [0.25, 0.3) is 0 Å². The van der Waals surface area contributed by atoms with Crippen LogP contribution in [0.2, 0.25) is 0 Å². The van der Waals surface area contributed by atoms with E-state index in [9.17, 15) is 4.79 Å². The van der Waals surface area contributed by atoms with Gasteiger partial charge in [0.15, 0.2) is 11.5 Å². The Morgan fingerprint density at radius 3 is 3.05 bits per heavy atom. The van der Waals surface area contributed by atoms with Gasteiger partial charge in [0.25, 0.3) is 5.91 Å². The molecule has 0 atom stereocenters. The molecule has 0 aliphatic carbocycles. The minimum atomic E-state index is -0.0774. The highest BCUT2D eigenvalue weighted by atomic mass is 16.7. The number of aromatic amines is 1. The van der Waals surface area contributed by atoms with Crippen molar-refractivity contribution in [3.8, 4) is 11.5 Å². The van der Waals surface area contributed by atoms with E-state index in [1.165, 1.54) is 6.20 Å². The highest BCUT2D eigenvalue weighted by molar-refractivity contribution is 5.93. The van der Waals surface area contributed by atoms with Crippen molar-refractivity contribution in [1.82, 2.24) is 15.1 Å². The molecule has 0 saturated heterocycles. The molecule has 0 spiro atoms. The van der Waals surface area contributed by atoms with Gasteiger partial charge in [0.05, 0.1) is 11.8 Å². The Labute approximate surface area is 109 Å². The molecule has 0 saturated carbocycles. The third kappa shape index (κ3) is 2.24. The second kappa shape index (κ2) is 4.64. The number of carbonyl (C=O) groups is 1. The van der Waals surface area contributed by atoms with E-state index in [4.69, 9.17) is 9.47 Å². The molecule has 98 valence electrons. The summed E-state index contributed by atoms with van der Waals surface area (Å²) in [5.41, 5.74) is 1.53. The maximum absolute atomic E-state index is 12.1. The highest BCUT2D eigenvalue weighted by Crippen LogP contribution is 2.32. The van der Waals surface area contributed by atoms with Crippen molar-refractivity contribution in [3.63, 3.8) is 0 Å². The Morgan fingerprint density at radius 1 is 1.42 bits per heavy atom. The van der Waals surface area contributed by atoms with Gasteiger partial charge in [0, 0.05) is 19.8 Å². The van der Waals surface area contributed by atoms with Gasteiger partial charge in [0.2, 0.25) is 6.79 Å². The standard InChI is InChI=1S/C13H13N3O3/c1-16(13(17)10-5-14-15-6-10)7-9-2-3-11-12(4-9)19-8-18-11/h2-6H,7-8H2,1H3,(H,14,15). The molecule has 3 rings (SSSR count). The van der Waals surface area contributed by atoms with E-state index in [-0.39, 0.29) is 12.7 Å². The molecule has 0 bridgehead atoms. The van der Waals surface area contributed by atoms with Gasteiger partial charge in [-0.25, -0.2) is 0 Å². The van der Waals surface area contributed by atoms with Crippen molar-refractivity contribution in [2.45, 2.75) is 6.54 Å². The van der Waals surface area contributed by atoms with Crippen molar-refractivity contribution in [2.24, 2.45) is 0 Å². The second-order valence-electron chi connectivity index (χ2n) is 4.34. The number of nitrogens with zero attached hydrogens (tertiary/aromatic N) is 2. The monoisotopic (exact) mass is 259 g/mol. The first-order valence-electron chi connectivity index (χ1n) is 5.87. The first kappa shape index (κ1) is 11.6. The lowest BCUT2D eigenvalue weighted by Gasteiger charge is -2.16. The number of benzene rings is 1. The van der Waals surface area contributed by atoms with E-state index in [1.54, 1.807) is 18.1 Å². The maximum Gasteiger partial charge on any atom is 0.257 e. The van der Waals surface area contributed by atoms with Crippen molar-refractivity contribution in [1.29, 1.82) is 0 Å². The van der Waals surface area contributed by atoms with E-state index >= 15 is 0 Å². The predicted molar refractivity (Wildman–Crippen MR) is 67.0 cm³/mol. The number of hydrogen-bond donors (Lipinski definition) is 1. The zero-order valence-electron chi connectivity index (χ0n) is 10.4. The number of ether oxygens (including phenoxy) is 2. The smallest absolute Gasteiger partial charge is 0.257 e. The summed E-state index contributed by atoms with van der Waals surface area (Å²) < 4.78 is 10.6. The van der Waals surface area contributed by atoms with Crippen LogP contribution in [0.5, 0.6) is 11.5 Å². The highest BCUT2D eigenvalue weighted by Gasteiger charge is 2.16. The molecular formula is C13H13N3O3. The van der Waals surface area contributed by atoms with Gasteiger partial charge in [-0.15, -0.1) is 0 Å². The minimum Gasteiger partial charge on any atom is -0.454 e. The SMILES string of the molecule is CN(Cc1ccc2c(c1)OCO2)C(=O)c1cn[nH]c1. The fourth-order valence-electron chi connectivity index (χ4n) is 1.97. The number of rotatable bonds is 3. The average molecular weight is 259 g/mol. The number of fused-ring (bicyclic) bond motifs is 1. The zero-order valence-corrected chi connectivity index (χ0v) is 10.4. The van der Waals surface area contributed by atoms with E-state index in [0.29, 0.717) is 12.1 Å². The van der Waals surface area contributed by atoms with Crippen LogP contribution in [-0.4, -0.2) is 34.8 Å². The minimum absolute atomic E-state index is 0.0774. The Morgan fingerprint density at radius 2 is 2.26 bits per heavy atom. The van der Waals surface area contributed by atoms with Crippen molar-refractivity contribution >= 4 is 5.91 Å². The van der Waals surface area contributed by atoms with Gasteiger partial charge in [-0.3, -0.25) is 9.89 Å². The van der Waals surface area contributed by atoms with Gasteiger partial charge in [-0.2, -0.15) is 5.10 Å². The molecule has 6 nitrogen and oxygen atoms in total. The molecule has 0 unspecified atom stereocenters. The van der Waals surface area contributed by atoms with Gasteiger partial charge in [-0.05, 0) is 17.7 Å². The van der Waals surface area contributed by atoms with E-state index in [0.717, 1.165) is 17.1 Å². The molecule has 19 heavy (non-hydrogen) atoms. The summed E-state index contributed by atoms with van der Waals surface area (Å²) >= 11 is 0. The van der Waals surface area contributed by atoms with Crippen LogP contribution in [0.4, 0.5) is 0 Å². The number of aromatic nitrogens is 2. The Hall–Kier alpha value is -2.50. The maximum atomic E-state index is 12.1. The molecular weight excluding hydrogens is 246 g/mol. The zero-order chi connectivity index (χ0) is 13.2. The normalized spacial score (nSPS) is 12.5. The van der Waals surface area contributed by atoms with Gasteiger partial charge in [0.1, 0.15) is 0 Å². The summed E-state index contributed by atoms with van der Waals surface area (Å²) in [5, 5.41) is 6.40. The van der Waals surface area contributed by atoms with Crippen LogP contribution >= 0.6 is 0 Å². The van der Waals surface area contributed by atoms with Crippen LogP contribution in [0.15, 0.2) is 30.6 Å². The molecule has 1 amide bonds. The fourth-order valence-corrected chi connectivity index (χ4v) is 1.97. The summed E-state index contributed by atoms with van der Waals surface area (Å²) in [4.78, 5) is 13.7. The summed E-state index contributed by atoms with van der Waals surface area (Å²) in [7, 11) is 1.75. The Bertz CT molecular complexity index is 595. The van der Waals surface area contributed by atoms with Gasteiger partial charge < -0.3 is 14.4 Å². The average Bonchev–Trinajstić information content (AvgIpc) is 3.08. The molecule has 1 aliphatic rings. The molecule has 1 aliphatic heterocycles. The Balaban J connectivity index is 1.73. The summed E-state index contributed by atoms with van der Waals surface area (Å²) in [6, 6.07) is 5.67. The lowest BCUT2D eigenvalue weighted by atomic mass is 10.2. The second-order valence-corrected chi connectivity index (χ2v) is 4.34. The van der Waals surface area contributed by atoms with Crippen LogP contribution in [0.3, 0.4) is 0 Å². The third-order valence-corrected chi connectivity index (χ3v) is 2.95. The summed E-state index contributed by atoms with van der Waals surface area (Å²) in [5.74, 6) is 1.39. The van der Waals surface area contributed by atoms with E-state index < -0.39 is 0 Å². The number of nitrogens with one attached hydrogen (secondary N) is 1. The molecule has 2 heterocycles. The largest absolute Gasteiger partial charge is 0.454 e. The topological polar surface area (TPSA) is 67.5 Å². The molecule has 1 aromatic heterocycles. The fraction of sp³-hybridized carbons (Fsp3) is 0.231. The lowest BCUT2D eigenvalue weighted by molar-refractivity contribution is 0.0785. The number of carbonyl (C=O) groups excluding carboxylic acids is 1. The van der Waals surface area contributed by atoms with Gasteiger partial charge in [-0.1, -0.05) is 6.07 Å². The third-order valence-electron chi connectivity index (χ3n) is 2.95. The van der Waals surface area contributed by atoms with Crippen LogP contribution in [0, 0.1) is 0 Å². The summed E-state index contributed by atoms with van der Waals surface area (Å²) in [6.45, 7) is 0.753. The number of hydrogen-bond acceptors (Lipinski definition) is 4. The first-order chi connectivity index (χ1) is 9.24. The molecule has 1 N–H and O–H groups in total. The molecule has 1 aromatic carbocycles. The number of amides is 1. The quantitative estimate of drug-likeness (QED) is 0.905. The van der Waals surface area contributed by atoms with Gasteiger partial charge >= 0.3 is 0 Å². The van der Waals surface area contributed by atoms with E-state index in [1.807, 2.05) is 18.2 Å². The lowest BCUT2D eigenvalue weighted by Crippen LogP contribution is -2.25. The van der Waals surface area contributed by atoms with E-state index in [2.05, 4.69) is 10.2 Å². The molecule has 6 heteroatoms. The predicted octanol–water partition coefficient (Wildman–Crippen LogP) is 1.41. The molecule has 0 radical (unpaired) electrons. The van der Waals surface area contributed by atoms with Crippen LogP contribution in [0.1, 0.15) is 15.9 Å². The Kier molecular flexibility index (Phi) is 2.83. The van der Waals surface area contributed by atoms with Crippen molar-refractivity contribution < 1.29 is 14.3 Å². The first-order valence-corrected chi connectivity index (χ1v) is 5.87. The van der Waals surface area contributed by atoms with Crippen LogP contribution in [-0.2, 0) is 6.54 Å². The van der Waals surface area contributed by atoms with Crippen molar-refractivity contribution in [2.75, 3.05) is 13.8 Å². The summed E-state index contributed by atoms with van der Waals surface area (Å²) in [6.07, 6.45) is 3.09.